The lowest BCUT2D eigenvalue weighted by molar-refractivity contribution is 0.458. The van der Waals surface area contributed by atoms with Crippen LogP contribution >= 0.6 is 12.2 Å². The highest BCUT2D eigenvalue weighted by Gasteiger charge is 2.11. The monoisotopic (exact) mass is 276 g/mol. The fraction of sp³-hybridized carbons (Fsp3) is 0.467. The largest absolute Gasteiger partial charge is 0.332 e. The number of fused-ring (bicyclic) bond motifs is 1. The van der Waals surface area contributed by atoms with Crippen molar-refractivity contribution in [3.05, 3.63) is 39.4 Å². The predicted molar refractivity (Wildman–Crippen MR) is 82.2 cm³/mol. The lowest BCUT2D eigenvalue weighted by atomic mass is 10.1. The summed E-state index contributed by atoms with van der Waals surface area (Å²) in [5.41, 5.74) is 0.831. The minimum atomic E-state index is 0.0170. The second kappa shape index (κ2) is 6.15. The van der Waals surface area contributed by atoms with Gasteiger partial charge < -0.3 is 4.98 Å². The van der Waals surface area contributed by atoms with Gasteiger partial charge in [0.1, 0.15) is 0 Å². The maximum atomic E-state index is 12.5. The summed E-state index contributed by atoms with van der Waals surface area (Å²) in [5, 5.41) is 0.707. The van der Waals surface area contributed by atoms with E-state index in [4.69, 9.17) is 12.2 Å². The Morgan fingerprint density at radius 2 is 2.05 bits per heavy atom. The van der Waals surface area contributed by atoms with E-state index in [1.54, 1.807) is 4.57 Å². The summed E-state index contributed by atoms with van der Waals surface area (Å²) in [6, 6.07) is 7.67. The Bertz CT molecular complexity index is 672. The first-order valence-corrected chi connectivity index (χ1v) is 7.29. The molecule has 1 aromatic carbocycles. The highest BCUT2D eigenvalue weighted by molar-refractivity contribution is 7.71. The van der Waals surface area contributed by atoms with Crippen LogP contribution < -0.4 is 5.56 Å². The molecule has 0 amide bonds. The van der Waals surface area contributed by atoms with Crippen LogP contribution in [0.2, 0.25) is 0 Å². The van der Waals surface area contributed by atoms with Crippen LogP contribution in [-0.4, -0.2) is 9.55 Å². The van der Waals surface area contributed by atoms with Crippen molar-refractivity contribution in [1.29, 1.82) is 0 Å². The van der Waals surface area contributed by atoms with E-state index in [-0.39, 0.29) is 11.6 Å². The fourth-order valence-electron chi connectivity index (χ4n) is 2.40. The standard InChI is InChI=1S/C15H20N2OS/c1-3-4-5-8-11(2)17-14(18)12-9-6-7-10-13(12)16-15(17)19/h6-7,9-11H,3-5,8H2,1-2H3,(H,16,19). The molecule has 4 heteroatoms. The third kappa shape index (κ3) is 2.95. The Hall–Kier alpha value is -1.42. The first kappa shape index (κ1) is 14.0. The summed E-state index contributed by atoms with van der Waals surface area (Å²) in [5.74, 6) is 0. The highest BCUT2D eigenvalue weighted by atomic mass is 32.1. The summed E-state index contributed by atoms with van der Waals surface area (Å²) in [4.78, 5) is 15.6. The van der Waals surface area contributed by atoms with E-state index < -0.39 is 0 Å². The van der Waals surface area contributed by atoms with Gasteiger partial charge in [0.15, 0.2) is 4.77 Å². The Morgan fingerprint density at radius 3 is 2.79 bits per heavy atom. The molecule has 0 saturated carbocycles. The minimum absolute atomic E-state index is 0.0170. The second-order valence-corrected chi connectivity index (χ2v) is 5.38. The first-order chi connectivity index (χ1) is 9.15. The molecule has 2 aromatic rings. The second-order valence-electron chi connectivity index (χ2n) is 5.00. The highest BCUT2D eigenvalue weighted by Crippen LogP contribution is 2.15. The Labute approximate surface area is 118 Å². The molecule has 0 radical (unpaired) electrons. The molecule has 0 aliphatic carbocycles. The van der Waals surface area contributed by atoms with Gasteiger partial charge in [-0.2, -0.15) is 0 Å². The van der Waals surface area contributed by atoms with Crippen molar-refractivity contribution in [1.82, 2.24) is 9.55 Å². The maximum absolute atomic E-state index is 12.5. The molecule has 1 unspecified atom stereocenters. The summed E-state index contributed by atoms with van der Waals surface area (Å²) >= 11 is 5.33. The number of aromatic nitrogens is 2. The van der Waals surface area contributed by atoms with Crippen LogP contribution in [0, 0.1) is 4.77 Å². The number of aromatic amines is 1. The van der Waals surface area contributed by atoms with Crippen LogP contribution in [0.25, 0.3) is 10.9 Å². The van der Waals surface area contributed by atoms with E-state index in [0.29, 0.717) is 10.2 Å². The van der Waals surface area contributed by atoms with E-state index in [0.717, 1.165) is 18.4 Å². The lowest BCUT2D eigenvalue weighted by Crippen LogP contribution is -2.25. The quantitative estimate of drug-likeness (QED) is 0.656. The van der Waals surface area contributed by atoms with Crippen molar-refractivity contribution in [2.24, 2.45) is 0 Å². The van der Waals surface area contributed by atoms with Crippen LogP contribution in [0.1, 0.15) is 45.6 Å². The molecule has 1 N–H and O–H groups in total. The minimum Gasteiger partial charge on any atom is -0.332 e. The van der Waals surface area contributed by atoms with Gasteiger partial charge in [-0.3, -0.25) is 9.36 Å². The molecular weight excluding hydrogens is 256 g/mol. The number of nitrogens with one attached hydrogen (secondary N) is 1. The van der Waals surface area contributed by atoms with Gasteiger partial charge in [-0.15, -0.1) is 0 Å². The Morgan fingerprint density at radius 1 is 1.32 bits per heavy atom. The third-order valence-corrected chi connectivity index (χ3v) is 3.80. The zero-order valence-corrected chi connectivity index (χ0v) is 12.3. The Kier molecular flexibility index (Phi) is 4.53. The molecule has 2 rings (SSSR count). The van der Waals surface area contributed by atoms with Crippen molar-refractivity contribution in [3.8, 4) is 0 Å². The van der Waals surface area contributed by atoms with Gasteiger partial charge in [-0.05, 0) is 37.7 Å². The predicted octanol–water partition coefficient (Wildman–Crippen LogP) is 4.20. The zero-order chi connectivity index (χ0) is 13.8. The van der Waals surface area contributed by atoms with Gasteiger partial charge >= 0.3 is 0 Å². The number of H-pyrrole nitrogens is 1. The molecule has 0 bridgehead atoms. The van der Waals surface area contributed by atoms with Crippen molar-refractivity contribution in [2.45, 2.75) is 45.6 Å². The zero-order valence-electron chi connectivity index (χ0n) is 11.5. The van der Waals surface area contributed by atoms with Gasteiger partial charge in [0.2, 0.25) is 0 Å². The van der Waals surface area contributed by atoms with E-state index in [1.807, 2.05) is 24.3 Å². The summed E-state index contributed by atoms with van der Waals surface area (Å²) in [6.45, 7) is 4.24. The average Bonchev–Trinajstić information content (AvgIpc) is 2.39. The number of rotatable bonds is 5. The summed E-state index contributed by atoms with van der Waals surface area (Å²) in [7, 11) is 0. The summed E-state index contributed by atoms with van der Waals surface area (Å²) < 4.78 is 2.24. The van der Waals surface area contributed by atoms with Gasteiger partial charge in [-0.1, -0.05) is 38.3 Å². The molecule has 1 heterocycles. The molecule has 102 valence electrons. The maximum Gasteiger partial charge on any atom is 0.262 e. The molecule has 19 heavy (non-hydrogen) atoms. The van der Waals surface area contributed by atoms with Crippen LogP contribution in [-0.2, 0) is 0 Å². The number of para-hydroxylation sites is 1. The lowest BCUT2D eigenvalue weighted by Gasteiger charge is -2.15. The molecule has 0 aliphatic heterocycles. The molecule has 3 nitrogen and oxygen atoms in total. The number of unbranched alkanes of at least 4 members (excludes halogenated alkanes) is 2. The number of hydrogen-bond acceptors (Lipinski definition) is 2. The summed E-state index contributed by atoms with van der Waals surface area (Å²) in [6.07, 6.45) is 4.50. The van der Waals surface area contributed by atoms with E-state index >= 15 is 0 Å². The first-order valence-electron chi connectivity index (χ1n) is 6.88. The molecule has 0 fully saturated rings. The van der Waals surface area contributed by atoms with Crippen LogP contribution in [0.15, 0.2) is 29.1 Å². The van der Waals surface area contributed by atoms with Crippen molar-refractivity contribution in [3.63, 3.8) is 0 Å². The number of hydrogen-bond donors (Lipinski definition) is 1. The van der Waals surface area contributed by atoms with Gasteiger partial charge in [-0.25, -0.2) is 0 Å². The number of benzene rings is 1. The molecule has 0 aliphatic rings. The van der Waals surface area contributed by atoms with Crippen molar-refractivity contribution in [2.75, 3.05) is 0 Å². The molecule has 1 aromatic heterocycles. The van der Waals surface area contributed by atoms with E-state index in [1.165, 1.54) is 12.8 Å². The third-order valence-electron chi connectivity index (χ3n) is 3.50. The van der Waals surface area contributed by atoms with Gasteiger partial charge in [0, 0.05) is 6.04 Å². The van der Waals surface area contributed by atoms with Crippen molar-refractivity contribution < 1.29 is 0 Å². The van der Waals surface area contributed by atoms with Crippen LogP contribution in [0.4, 0.5) is 0 Å². The van der Waals surface area contributed by atoms with E-state index in [9.17, 15) is 4.79 Å². The normalized spacial score (nSPS) is 12.7. The molecule has 0 saturated heterocycles. The molecular formula is C15H20N2OS. The Balaban J connectivity index is 2.43. The van der Waals surface area contributed by atoms with Crippen LogP contribution in [0.3, 0.4) is 0 Å². The fourth-order valence-corrected chi connectivity index (χ4v) is 2.77. The topological polar surface area (TPSA) is 37.8 Å². The van der Waals surface area contributed by atoms with E-state index in [2.05, 4.69) is 18.8 Å². The molecule has 1 atom stereocenters. The number of nitrogens with zero attached hydrogens (tertiary/aromatic N) is 1. The van der Waals surface area contributed by atoms with Crippen LogP contribution in [0.5, 0.6) is 0 Å². The smallest absolute Gasteiger partial charge is 0.262 e. The average molecular weight is 276 g/mol. The SMILES string of the molecule is CCCCCC(C)n1c(=S)[nH]c2ccccc2c1=O. The van der Waals surface area contributed by atoms with Gasteiger partial charge in [0.25, 0.3) is 5.56 Å². The van der Waals surface area contributed by atoms with Crippen molar-refractivity contribution >= 4 is 23.1 Å². The molecule has 0 spiro atoms. The van der Waals surface area contributed by atoms with Gasteiger partial charge in [0.05, 0.1) is 10.9 Å².